The monoisotopic (exact) mass is 573 g/mol. The molecule has 0 spiro atoms. The zero-order chi connectivity index (χ0) is 29.1. The summed E-state index contributed by atoms with van der Waals surface area (Å²) in [4.78, 5) is 29.7. The van der Waals surface area contributed by atoms with Crippen molar-refractivity contribution in [3.8, 4) is 23.0 Å². The molecule has 12 nitrogen and oxygen atoms in total. The normalized spacial score (nSPS) is 16.4. The molecule has 0 radical (unpaired) electrons. The van der Waals surface area contributed by atoms with Crippen LogP contribution in [0.2, 0.25) is 0 Å². The van der Waals surface area contributed by atoms with E-state index in [1.807, 2.05) is 30.3 Å². The minimum absolute atomic E-state index is 0.0727. The first-order valence-corrected chi connectivity index (χ1v) is 13.7. The maximum absolute atomic E-state index is 14.2. The van der Waals surface area contributed by atoms with Crippen molar-refractivity contribution in [2.45, 2.75) is 38.1 Å². The number of hydrogen-bond donors (Lipinski definition) is 2. The smallest absolute Gasteiger partial charge is 0.247 e. The van der Waals surface area contributed by atoms with Crippen LogP contribution in [0, 0.1) is 0 Å². The van der Waals surface area contributed by atoms with Gasteiger partial charge in [0.05, 0.1) is 18.7 Å². The first-order valence-electron chi connectivity index (χ1n) is 13.7. The molecule has 3 aromatic carbocycles. The van der Waals surface area contributed by atoms with E-state index in [1.54, 1.807) is 24.3 Å². The number of aromatic hydroxyl groups is 1. The first kappa shape index (κ1) is 27.3. The Morgan fingerprint density at radius 2 is 2.00 bits per heavy atom. The average molecular weight is 574 g/mol. The number of phenolic OH excluding ortho intramolecular Hbond substituents is 1. The van der Waals surface area contributed by atoms with E-state index in [1.165, 1.54) is 22.8 Å². The van der Waals surface area contributed by atoms with Gasteiger partial charge in [-0.2, -0.15) is 0 Å². The molecule has 42 heavy (non-hydrogen) atoms. The Morgan fingerprint density at radius 3 is 2.83 bits per heavy atom. The molecule has 4 aromatic rings. The van der Waals surface area contributed by atoms with Gasteiger partial charge in [-0.3, -0.25) is 9.59 Å². The third-order valence-corrected chi connectivity index (χ3v) is 7.42. The number of rotatable bonds is 10. The Hall–Kier alpha value is -4.84. The number of nitrogens with one attached hydrogen (secondary N) is 1. The fraction of sp³-hybridized carbons (Fsp3) is 0.333. The summed E-state index contributed by atoms with van der Waals surface area (Å²) in [7, 11) is 1.43. The van der Waals surface area contributed by atoms with E-state index in [9.17, 15) is 14.7 Å². The lowest BCUT2D eigenvalue weighted by molar-refractivity contribution is -0.142. The van der Waals surface area contributed by atoms with Crippen molar-refractivity contribution in [3.63, 3.8) is 0 Å². The lowest BCUT2D eigenvalue weighted by Crippen LogP contribution is -2.46. The van der Waals surface area contributed by atoms with Crippen molar-refractivity contribution < 1.29 is 33.6 Å². The van der Waals surface area contributed by atoms with Crippen LogP contribution in [0.3, 0.4) is 0 Å². The highest BCUT2D eigenvalue weighted by Crippen LogP contribution is 2.35. The number of methoxy groups -OCH3 is 1. The van der Waals surface area contributed by atoms with Gasteiger partial charge in [0.2, 0.25) is 18.6 Å². The fourth-order valence-corrected chi connectivity index (χ4v) is 5.27. The second-order valence-electron chi connectivity index (χ2n) is 10.2. The van der Waals surface area contributed by atoms with Crippen molar-refractivity contribution in [1.29, 1.82) is 0 Å². The Bertz CT molecular complexity index is 1600. The zero-order valence-corrected chi connectivity index (χ0v) is 23.1. The van der Waals surface area contributed by atoms with Crippen molar-refractivity contribution in [2.75, 3.05) is 27.1 Å². The van der Waals surface area contributed by atoms with Gasteiger partial charge in [-0.15, -0.1) is 5.10 Å². The molecule has 1 saturated heterocycles. The molecule has 2 N–H and O–H groups in total. The van der Waals surface area contributed by atoms with Crippen LogP contribution in [0.5, 0.6) is 23.0 Å². The SMILES string of the molecule is COc1cc([C@H](C(=O)NC[C@@H]2CCCO2)N(Cc2ccc3c(c2)OCO3)C(=O)Cn2nnc3ccccc32)ccc1O. The molecule has 0 saturated carbocycles. The van der Waals surface area contributed by atoms with Crippen LogP contribution in [0.1, 0.15) is 30.0 Å². The topological polar surface area (TPSA) is 137 Å². The van der Waals surface area contributed by atoms with Crippen molar-refractivity contribution in [3.05, 3.63) is 71.8 Å². The van der Waals surface area contributed by atoms with Gasteiger partial charge in [-0.1, -0.05) is 29.5 Å². The van der Waals surface area contributed by atoms with Gasteiger partial charge in [0.15, 0.2) is 23.0 Å². The van der Waals surface area contributed by atoms with Gasteiger partial charge in [-0.25, -0.2) is 4.68 Å². The molecule has 0 unspecified atom stereocenters. The van der Waals surface area contributed by atoms with E-state index in [4.69, 9.17) is 18.9 Å². The highest BCUT2D eigenvalue weighted by molar-refractivity contribution is 5.89. The van der Waals surface area contributed by atoms with Crippen molar-refractivity contribution >= 4 is 22.8 Å². The number of fused-ring (bicyclic) bond motifs is 2. The summed E-state index contributed by atoms with van der Waals surface area (Å²) in [6.07, 6.45) is 1.68. The van der Waals surface area contributed by atoms with Crippen LogP contribution in [-0.2, 0) is 27.4 Å². The van der Waals surface area contributed by atoms with E-state index >= 15 is 0 Å². The maximum atomic E-state index is 14.2. The van der Waals surface area contributed by atoms with Crippen LogP contribution in [-0.4, -0.2) is 70.0 Å². The molecule has 0 bridgehead atoms. The number of amides is 2. The molecule has 3 heterocycles. The van der Waals surface area contributed by atoms with E-state index < -0.39 is 11.9 Å². The Labute approximate surface area is 241 Å². The van der Waals surface area contributed by atoms with Crippen LogP contribution in [0.4, 0.5) is 0 Å². The molecule has 0 aliphatic carbocycles. The Morgan fingerprint density at radius 1 is 1.14 bits per heavy atom. The van der Waals surface area contributed by atoms with Crippen LogP contribution in [0.15, 0.2) is 60.7 Å². The standard InChI is InChI=1S/C30H31N5O7/c1-39-26-14-20(9-10-24(26)36)29(30(38)31-15-21-5-4-12-40-21)34(16-19-8-11-25-27(13-19)42-18-41-25)28(37)17-35-23-7-3-2-6-22(23)32-33-35/h2-3,6-11,13-14,21,29,36H,4-5,12,15-18H2,1H3,(H,31,38)/t21-,29+/m0/s1. The van der Waals surface area contributed by atoms with E-state index in [0.29, 0.717) is 41.2 Å². The van der Waals surface area contributed by atoms with Gasteiger partial charge in [0.25, 0.3) is 0 Å². The Kier molecular flexibility index (Phi) is 7.78. The third-order valence-electron chi connectivity index (χ3n) is 7.42. The predicted molar refractivity (Wildman–Crippen MR) is 150 cm³/mol. The number of para-hydroxylation sites is 1. The van der Waals surface area contributed by atoms with Crippen LogP contribution < -0.4 is 19.5 Å². The average Bonchev–Trinajstić information content (AvgIpc) is 3.78. The quantitative estimate of drug-likeness (QED) is 0.293. The predicted octanol–water partition coefficient (Wildman–Crippen LogP) is 2.94. The molecular formula is C30H31N5O7. The molecule has 2 atom stereocenters. The second kappa shape index (κ2) is 12.0. The number of aromatic nitrogens is 3. The van der Waals surface area contributed by atoms with E-state index in [0.717, 1.165) is 18.4 Å². The molecule has 218 valence electrons. The summed E-state index contributed by atoms with van der Waals surface area (Å²) in [5.41, 5.74) is 2.55. The second-order valence-corrected chi connectivity index (χ2v) is 10.2. The van der Waals surface area contributed by atoms with Gasteiger partial charge in [0, 0.05) is 19.7 Å². The fourth-order valence-electron chi connectivity index (χ4n) is 5.27. The molecule has 2 amide bonds. The van der Waals surface area contributed by atoms with Gasteiger partial charge in [-0.05, 0) is 60.4 Å². The van der Waals surface area contributed by atoms with E-state index in [2.05, 4.69) is 15.6 Å². The van der Waals surface area contributed by atoms with Crippen molar-refractivity contribution in [2.24, 2.45) is 0 Å². The first-order chi connectivity index (χ1) is 20.5. The van der Waals surface area contributed by atoms with Gasteiger partial charge < -0.3 is 34.3 Å². The summed E-state index contributed by atoms with van der Waals surface area (Å²) in [5, 5.41) is 21.6. The van der Waals surface area contributed by atoms with Crippen LogP contribution in [0.25, 0.3) is 11.0 Å². The Balaban J connectivity index is 1.38. The number of phenols is 1. The van der Waals surface area contributed by atoms with E-state index in [-0.39, 0.29) is 43.4 Å². The molecule has 1 fully saturated rings. The third kappa shape index (κ3) is 5.66. The maximum Gasteiger partial charge on any atom is 0.247 e. The van der Waals surface area contributed by atoms with Crippen molar-refractivity contribution in [1.82, 2.24) is 25.2 Å². The number of ether oxygens (including phenoxy) is 4. The minimum atomic E-state index is -1.08. The number of hydrogen-bond acceptors (Lipinski definition) is 9. The minimum Gasteiger partial charge on any atom is -0.504 e. The molecule has 2 aliphatic heterocycles. The summed E-state index contributed by atoms with van der Waals surface area (Å²) in [6, 6.07) is 16.3. The molecule has 6 rings (SSSR count). The largest absolute Gasteiger partial charge is 0.504 e. The zero-order valence-electron chi connectivity index (χ0n) is 23.1. The summed E-state index contributed by atoms with van der Waals surface area (Å²) in [6.45, 7) is 0.992. The number of carbonyl (C=O) groups excluding carboxylic acids is 2. The molecule has 2 aliphatic rings. The van der Waals surface area contributed by atoms with Gasteiger partial charge >= 0.3 is 0 Å². The molecular weight excluding hydrogens is 542 g/mol. The summed E-state index contributed by atoms with van der Waals surface area (Å²) < 4.78 is 23.6. The lowest BCUT2D eigenvalue weighted by Gasteiger charge is -2.32. The molecule has 1 aromatic heterocycles. The van der Waals surface area contributed by atoms with Crippen LogP contribution >= 0.6 is 0 Å². The highest BCUT2D eigenvalue weighted by atomic mass is 16.7. The lowest BCUT2D eigenvalue weighted by atomic mass is 10.0. The number of benzene rings is 3. The number of carbonyl (C=O) groups is 2. The highest BCUT2D eigenvalue weighted by Gasteiger charge is 2.34. The van der Waals surface area contributed by atoms with Gasteiger partial charge in [0.1, 0.15) is 18.1 Å². The summed E-state index contributed by atoms with van der Waals surface area (Å²) >= 11 is 0. The number of nitrogens with zero attached hydrogens (tertiary/aromatic N) is 4. The molecule has 12 heteroatoms. The summed E-state index contributed by atoms with van der Waals surface area (Å²) in [5.74, 6) is 0.515.